The Morgan fingerprint density at radius 2 is 1.95 bits per heavy atom. The minimum Gasteiger partial charge on any atom is -0.342 e. The minimum atomic E-state index is 0.00664. The van der Waals surface area contributed by atoms with Crippen molar-refractivity contribution in [3.63, 3.8) is 0 Å². The van der Waals surface area contributed by atoms with Crippen LogP contribution in [0.3, 0.4) is 0 Å². The number of benzene rings is 1. The SMILES string of the molecule is CCCNCc1ccc(SC(C)C(=O)N2CCCC2)cc1. The molecule has 1 aromatic rings. The van der Waals surface area contributed by atoms with Crippen LogP contribution in [0.2, 0.25) is 0 Å². The number of rotatable bonds is 7. The molecule has 1 unspecified atom stereocenters. The molecule has 1 amide bonds. The Bertz CT molecular complexity index is 441. The molecule has 4 heteroatoms. The Labute approximate surface area is 132 Å². The fourth-order valence-corrected chi connectivity index (χ4v) is 3.50. The number of hydrogen-bond acceptors (Lipinski definition) is 3. The summed E-state index contributed by atoms with van der Waals surface area (Å²) in [5, 5.41) is 3.41. The standard InChI is InChI=1S/C17H26N2OS/c1-3-10-18-13-15-6-8-16(9-7-15)21-14(2)17(20)19-11-4-5-12-19/h6-9,14,18H,3-5,10-13H2,1-2H3. The molecule has 0 saturated carbocycles. The molecule has 0 aromatic heterocycles. The lowest BCUT2D eigenvalue weighted by Gasteiger charge is -2.20. The monoisotopic (exact) mass is 306 g/mol. The summed E-state index contributed by atoms with van der Waals surface area (Å²) in [6, 6.07) is 8.55. The quantitative estimate of drug-likeness (QED) is 0.620. The van der Waals surface area contributed by atoms with Crippen molar-refractivity contribution in [1.82, 2.24) is 10.2 Å². The number of likely N-dealkylation sites (tertiary alicyclic amines) is 1. The van der Waals surface area contributed by atoms with Crippen LogP contribution >= 0.6 is 11.8 Å². The van der Waals surface area contributed by atoms with Crippen LogP contribution in [0.1, 0.15) is 38.7 Å². The third-order valence-electron chi connectivity index (χ3n) is 3.76. The van der Waals surface area contributed by atoms with Crippen LogP contribution in [0.15, 0.2) is 29.2 Å². The molecular formula is C17H26N2OS. The minimum absolute atomic E-state index is 0.00664. The predicted octanol–water partition coefficient (Wildman–Crippen LogP) is 3.29. The number of hydrogen-bond donors (Lipinski definition) is 1. The summed E-state index contributed by atoms with van der Waals surface area (Å²) < 4.78 is 0. The molecule has 1 saturated heterocycles. The summed E-state index contributed by atoms with van der Waals surface area (Å²) in [7, 11) is 0. The van der Waals surface area contributed by atoms with Gasteiger partial charge in [-0.25, -0.2) is 0 Å². The Morgan fingerprint density at radius 1 is 1.29 bits per heavy atom. The maximum atomic E-state index is 12.3. The number of carbonyl (C=O) groups is 1. The van der Waals surface area contributed by atoms with Crippen LogP contribution < -0.4 is 5.32 Å². The highest BCUT2D eigenvalue weighted by atomic mass is 32.2. The molecule has 0 aliphatic carbocycles. The normalized spacial score (nSPS) is 16.2. The van der Waals surface area contributed by atoms with E-state index >= 15 is 0 Å². The second-order valence-electron chi connectivity index (χ2n) is 5.61. The first-order chi connectivity index (χ1) is 10.2. The van der Waals surface area contributed by atoms with Crippen LogP contribution in [0.4, 0.5) is 0 Å². The zero-order valence-electron chi connectivity index (χ0n) is 13.1. The highest BCUT2D eigenvalue weighted by Gasteiger charge is 2.23. The summed E-state index contributed by atoms with van der Waals surface area (Å²) >= 11 is 1.66. The van der Waals surface area contributed by atoms with E-state index in [1.54, 1.807) is 11.8 Å². The molecule has 3 nitrogen and oxygen atoms in total. The van der Waals surface area contributed by atoms with Gasteiger partial charge >= 0.3 is 0 Å². The number of nitrogens with one attached hydrogen (secondary N) is 1. The van der Waals surface area contributed by atoms with Crippen LogP contribution in [0, 0.1) is 0 Å². The third kappa shape index (κ3) is 5.04. The molecule has 21 heavy (non-hydrogen) atoms. The molecule has 1 fully saturated rings. The van der Waals surface area contributed by atoms with E-state index in [4.69, 9.17) is 0 Å². The fraction of sp³-hybridized carbons (Fsp3) is 0.588. The van der Waals surface area contributed by atoms with Gasteiger partial charge in [-0.3, -0.25) is 4.79 Å². The maximum Gasteiger partial charge on any atom is 0.235 e. The fourth-order valence-electron chi connectivity index (χ4n) is 2.54. The molecule has 1 aliphatic heterocycles. The predicted molar refractivity (Wildman–Crippen MR) is 89.6 cm³/mol. The van der Waals surface area contributed by atoms with Gasteiger partial charge in [0.2, 0.25) is 5.91 Å². The highest BCUT2D eigenvalue weighted by Crippen LogP contribution is 2.25. The largest absolute Gasteiger partial charge is 0.342 e. The van der Waals surface area contributed by atoms with Crippen molar-refractivity contribution >= 4 is 17.7 Å². The molecule has 1 atom stereocenters. The Hall–Kier alpha value is -1.00. The van der Waals surface area contributed by atoms with E-state index in [1.165, 1.54) is 10.5 Å². The molecule has 0 spiro atoms. The first kappa shape index (κ1) is 16.4. The maximum absolute atomic E-state index is 12.3. The Balaban J connectivity index is 1.83. The Kier molecular flexibility index (Phi) is 6.58. The lowest BCUT2D eigenvalue weighted by atomic mass is 10.2. The second-order valence-corrected chi connectivity index (χ2v) is 7.03. The van der Waals surface area contributed by atoms with Gasteiger partial charge in [-0.2, -0.15) is 0 Å². The summed E-state index contributed by atoms with van der Waals surface area (Å²) in [6.07, 6.45) is 3.47. The molecular weight excluding hydrogens is 280 g/mol. The van der Waals surface area contributed by atoms with Gasteiger partial charge in [-0.15, -0.1) is 11.8 Å². The van der Waals surface area contributed by atoms with Gasteiger partial charge in [0.05, 0.1) is 5.25 Å². The van der Waals surface area contributed by atoms with Gasteiger partial charge in [0, 0.05) is 24.5 Å². The Morgan fingerprint density at radius 3 is 2.57 bits per heavy atom. The molecule has 1 N–H and O–H groups in total. The first-order valence-electron chi connectivity index (χ1n) is 7.96. The van der Waals surface area contributed by atoms with Crippen molar-refractivity contribution in [3.8, 4) is 0 Å². The third-order valence-corrected chi connectivity index (χ3v) is 4.86. The van der Waals surface area contributed by atoms with E-state index in [0.29, 0.717) is 0 Å². The van der Waals surface area contributed by atoms with Crippen molar-refractivity contribution in [2.45, 2.75) is 49.8 Å². The highest BCUT2D eigenvalue weighted by molar-refractivity contribution is 8.00. The van der Waals surface area contributed by atoms with Gasteiger partial charge in [-0.1, -0.05) is 19.1 Å². The zero-order valence-corrected chi connectivity index (χ0v) is 13.9. The molecule has 1 aromatic carbocycles. The zero-order chi connectivity index (χ0) is 15.1. The van der Waals surface area contributed by atoms with Crippen molar-refractivity contribution in [1.29, 1.82) is 0 Å². The molecule has 0 radical (unpaired) electrons. The van der Waals surface area contributed by atoms with Gasteiger partial charge < -0.3 is 10.2 Å². The van der Waals surface area contributed by atoms with Crippen molar-refractivity contribution in [2.24, 2.45) is 0 Å². The van der Waals surface area contributed by atoms with E-state index in [2.05, 4.69) is 36.5 Å². The van der Waals surface area contributed by atoms with Crippen LogP contribution in [0.5, 0.6) is 0 Å². The average Bonchev–Trinajstić information content (AvgIpc) is 3.02. The number of amides is 1. The van der Waals surface area contributed by atoms with E-state index in [1.807, 2.05) is 11.8 Å². The smallest absolute Gasteiger partial charge is 0.235 e. The van der Waals surface area contributed by atoms with Crippen molar-refractivity contribution in [3.05, 3.63) is 29.8 Å². The number of nitrogens with zero attached hydrogens (tertiary/aromatic N) is 1. The van der Waals surface area contributed by atoms with Crippen molar-refractivity contribution in [2.75, 3.05) is 19.6 Å². The lowest BCUT2D eigenvalue weighted by molar-refractivity contribution is -0.129. The van der Waals surface area contributed by atoms with Gasteiger partial charge in [0.1, 0.15) is 0 Å². The molecule has 0 bridgehead atoms. The average molecular weight is 306 g/mol. The van der Waals surface area contributed by atoms with Crippen molar-refractivity contribution < 1.29 is 4.79 Å². The number of carbonyl (C=O) groups excluding carboxylic acids is 1. The summed E-state index contributed by atoms with van der Waals surface area (Å²) in [5.41, 5.74) is 1.30. The molecule has 116 valence electrons. The summed E-state index contributed by atoms with van der Waals surface area (Å²) in [6.45, 7) is 8.03. The van der Waals surface area contributed by atoms with E-state index in [0.717, 1.165) is 45.4 Å². The van der Waals surface area contributed by atoms with Gasteiger partial charge in [0.25, 0.3) is 0 Å². The topological polar surface area (TPSA) is 32.3 Å². The van der Waals surface area contributed by atoms with E-state index < -0.39 is 0 Å². The lowest BCUT2D eigenvalue weighted by Crippen LogP contribution is -2.33. The van der Waals surface area contributed by atoms with E-state index in [9.17, 15) is 4.79 Å². The van der Waals surface area contributed by atoms with Crippen LogP contribution in [-0.4, -0.2) is 35.7 Å². The first-order valence-corrected chi connectivity index (χ1v) is 8.83. The van der Waals surface area contributed by atoms with E-state index in [-0.39, 0.29) is 11.2 Å². The number of thioether (sulfide) groups is 1. The van der Waals surface area contributed by atoms with Crippen LogP contribution in [0.25, 0.3) is 0 Å². The van der Waals surface area contributed by atoms with Crippen LogP contribution in [-0.2, 0) is 11.3 Å². The molecule has 2 rings (SSSR count). The summed E-state index contributed by atoms with van der Waals surface area (Å²) in [4.78, 5) is 15.5. The summed E-state index contributed by atoms with van der Waals surface area (Å²) in [5.74, 6) is 0.284. The second kappa shape index (κ2) is 8.44. The molecule has 1 heterocycles. The molecule has 1 aliphatic rings. The van der Waals surface area contributed by atoms with Gasteiger partial charge in [-0.05, 0) is 50.4 Å². The van der Waals surface area contributed by atoms with Gasteiger partial charge in [0.15, 0.2) is 0 Å².